The molecule has 1 saturated carbocycles. The summed E-state index contributed by atoms with van der Waals surface area (Å²) in [5, 5.41) is 0. The first-order valence-electron chi connectivity index (χ1n) is 4.77. The third-order valence-corrected chi connectivity index (χ3v) is 2.61. The van der Waals surface area contributed by atoms with E-state index in [2.05, 4.69) is 11.8 Å². The van der Waals surface area contributed by atoms with Gasteiger partial charge < -0.3 is 4.90 Å². The van der Waals surface area contributed by atoms with Crippen molar-refractivity contribution >= 4 is 5.78 Å². The summed E-state index contributed by atoms with van der Waals surface area (Å²) in [6, 6.07) is 0. The number of carbonyl (C=O) groups excluding carboxylic acids is 1. The Balaban J connectivity index is 2.43. The van der Waals surface area contributed by atoms with Crippen LogP contribution in [0.2, 0.25) is 0 Å². The highest BCUT2D eigenvalue weighted by atomic mass is 16.1. The lowest BCUT2D eigenvalue weighted by Crippen LogP contribution is -2.32. The van der Waals surface area contributed by atoms with Crippen LogP contribution in [0.4, 0.5) is 0 Å². The molecule has 0 aromatic rings. The lowest BCUT2D eigenvalue weighted by atomic mass is 9.81. The van der Waals surface area contributed by atoms with Crippen LogP contribution in [0.15, 0.2) is 0 Å². The molecule has 0 N–H and O–H groups in total. The second kappa shape index (κ2) is 4.04. The van der Waals surface area contributed by atoms with Crippen LogP contribution in [0, 0.1) is 11.8 Å². The lowest BCUT2D eigenvalue weighted by Gasteiger charge is -2.27. The van der Waals surface area contributed by atoms with Crippen molar-refractivity contribution < 1.29 is 4.79 Å². The van der Waals surface area contributed by atoms with Gasteiger partial charge in [-0.15, -0.1) is 0 Å². The summed E-state index contributed by atoms with van der Waals surface area (Å²) < 4.78 is 0. The van der Waals surface area contributed by atoms with Gasteiger partial charge in [0.05, 0.1) is 0 Å². The SMILES string of the molecule is CC1CCC(=O)C(CN(C)C)C1. The summed E-state index contributed by atoms with van der Waals surface area (Å²) in [4.78, 5) is 13.6. The van der Waals surface area contributed by atoms with Crippen molar-refractivity contribution in [2.75, 3.05) is 20.6 Å². The van der Waals surface area contributed by atoms with E-state index in [1.807, 2.05) is 14.1 Å². The first-order chi connectivity index (χ1) is 5.59. The van der Waals surface area contributed by atoms with Gasteiger partial charge >= 0.3 is 0 Å². The van der Waals surface area contributed by atoms with Crippen molar-refractivity contribution in [1.29, 1.82) is 0 Å². The highest BCUT2D eigenvalue weighted by molar-refractivity contribution is 5.81. The summed E-state index contributed by atoms with van der Waals surface area (Å²) in [7, 11) is 4.07. The van der Waals surface area contributed by atoms with Crippen LogP contribution in [0.3, 0.4) is 0 Å². The van der Waals surface area contributed by atoms with Crippen molar-refractivity contribution in [3.05, 3.63) is 0 Å². The number of ketones is 1. The number of hydrogen-bond donors (Lipinski definition) is 0. The van der Waals surface area contributed by atoms with Crippen LogP contribution in [-0.2, 0) is 4.79 Å². The molecule has 2 nitrogen and oxygen atoms in total. The Morgan fingerprint density at radius 1 is 1.50 bits per heavy atom. The smallest absolute Gasteiger partial charge is 0.137 e. The molecule has 2 unspecified atom stereocenters. The molecule has 0 saturated heterocycles. The quantitative estimate of drug-likeness (QED) is 0.625. The van der Waals surface area contributed by atoms with Crippen LogP contribution in [0.25, 0.3) is 0 Å². The van der Waals surface area contributed by atoms with Gasteiger partial charge in [-0.2, -0.15) is 0 Å². The molecule has 1 aliphatic carbocycles. The molecule has 70 valence electrons. The van der Waals surface area contributed by atoms with Gasteiger partial charge in [0.15, 0.2) is 0 Å². The van der Waals surface area contributed by atoms with E-state index in [9.17, 15) is 4.79 Å². The Labute approximate surface area is 74.9 Å². The molecule has 12 heavy (non-hydrogen) atoms. The fourth-order valence-electron chi connectivity index (χ4n) is 1.94. The normalized spacial score (nSPS) is 31.2. The lowest BCUT2D eigenvalue weighted by molar-refractivity contribution is -0.125. The summed E-state index contributed by atoms with van der Waals surface area (Å²) in [5.41, 5.74) is 0. The van der Waals surface area contributed by atoms with Crippen LogP contribution in [0.1, 0.15) is 26.2 Å². The molecule has 0 heterocycles. The fraction of sp³-hybridized carbons (Fsp3) is 0.900. The maximum atomic E-state index is 11.4. The third-order valence-electron chi connectivity index (χ3n) is 2.61. The molecule has 0 aromatic carbocycles. The highest BCUT2D eigenvalue weighted by Gasteiger charge is 2.26. The fourth-order valence-corrected chi connectivity index (χ4v) is 1.94. The molecular weight excluding hydrogens is 150 g/mol. The van der Waals surface area contributed by atoms with Gasteiger partial charge in [0.1, 0.15) is 5.78 Å². The van der Waals surface area contributed by atoms with E-state index >= 15 is 0 Å². The van der Waals surface area contributed by atoms with Gasteiger partial charge in [-0.3, -0.25) is 4.79 Å². The van der Waals surface area contributed by atoms with Crippen molar-refractivity contribution in [1.82, 2.24) is 4.90 Å². The molecule has 0 aromatic heterocycles. The van der Waals surface area contributed by atoms with Crippen molar-refractivity contribution in [2.24, 2.45) is 11.8 Å². The van der Waals surface area contributed by atoms with Gasteiger partial charge in [-0.05, 0) is 32.9 Å². The highest BCUT2D eigenvalue weighted by Crippen LogP contribution is 2.26. The Morgan fingerprint density at radius 2 is 2.17 bits per heavy atom. The Bertz CT molecular complexity index is 163. The Kier molecular flexibility index (Phi) is 3.27. The number of carbonyl (C=O) groups is 1. The maximum absolute atomic E-state index is 11.4. The van der Waals surface area contributed by atoms with Gasteiger partial charge in [-0.25, -0.2) is 0 Å². The molecular formula is C10H19NO. The maximum Gasteiger partial charge on any atom is 0.137 e. The molecule has 1 fully saturated rings. The first-order valence-corrected chi connectivity index (χ1v) is 4.77. The third kappa shape index (κ3) is 2.59. The zero-order valence-corrected chi connectivity index (χ0v) is 8.34. The average molecular weight is 169 g/mol. The molecule has 1 rings (SSSR count). The van der Waals surface area contributed by atoms with Gasteiger partial charge in [0.2, 0.25) is 0 Å². The molecule has 0 radical (unpaired) electrons. The average Bonchev–Trinajstić information content (AvgIpc) is 1.96. The Hall–Kier alpha value is -0.370. The first kappa shape index (κ1) is 9.72. The van der Waals surface area contributed by atoms with Crippen molar-refractivity contribution in [3.63, 3.8) is 0 Å². The molecule has 2 heteroatoms. The zero-order chi connectivity index (χ0) is 9.14. The topological polar surface area (TPSA) is 20.3 Å². The summed E-state index contributed by atoms with van der Waals surface area (Å²) in [6.45, 7) is 3.18. The van der Waals surface area contributed by atoms with Gasteiger partial charge in [0, 0.05) is 18.9 Å². The summed E-state index contributed by atoms with van der Waals surface area (Å²) in [5.74, 6) is 1.53. The van der Waals surface area contributed by atoms with E-state index in [4.69, 9.17) is 0 Å². The minimum Gasteiger partial charge on any atom is -0.309 e. The molecule has 2 atom stereocenters. The van der Waals surface area contributed by atoms with Gasteiger partial charge in [-0.1, -0.05) is 6.92 Å². The molecule has 0 bridgehead atoms. The van der Waals surface area contributed by atoms with E-state index in [1.54, 1.807) is 0 Å². The van der Waals surface area contributed by atoms with E-state index in [0.29, 0.717) is 11.7 Å². The molecule has 0 spiro atoms. The monoisotopic (exact) mass is 169 g/mol. The van der Waals surface area contributed by atoms with E-state index in [-0.39, 0.29) is 0 Å². The van der Waals surface area contributed by atoms with Crippen LogP contribution >= 0.6 is 0 Å². The largest absolute Gasteiger partial charge is 0.309 e. The standard InChI is InChI=1S/C10H19NO/c1-8-4-5-10(12)9(6-8)7-11(2)3/h8-9H,4-7H2,1-3H3. The number of hydrogen-bond acceptors (Lipinski definition) is 2. The van der Waals surface area contributed by atoms with Crippen LogP contribution < -0.4 is 0 Å². The van der Waals surface area contributed by atoms with E-state index in [1.165, 1.54) is 0 Å². The molecule has 0 amide bonds. The summed E-state index contributed by atoms with van der Waals surface area (Å²) in [6.07, 6.45) is 3.00. The second-order valence-corrected chi connectivity index (χ2v) is 4.31. The minimum atomic E-state index is 0.309. The van der Waals surface area contributed by atoms with E-state index < -0.39 is 0 Å². The number of Topliss-reactive ketones (excluding diaryl/α,β-unsaturated/α-hetero) is 1. The van der Waals surface area contributed by atoms with E-state index in [0.717, 1.165) is 31.7 Å². The van der Waals surface area contributed by atoms with Crippen molar-refractivity contribution in [2.45, 2.75) is 26.2 Å². The zero-order valence-electron chi connectivity index (χ0n) is 8.34. The van der Waals surface area contributed by atoms with Gasteiger partial charge in [0.25, 0.3) is 0 Å². The van der Waals surface area contributed by atoms with Crippen LogP contribution in [0.5, 0.6) is 0 Å². The van der Waals surface area contributed by atoms with Crippen LogP contribution in [-0.4, -0.2) is 31.3 Å². The summed E-state index contributed by atoms with van der Waals surface area (Å²) >= 11 is 0. The number of nitrogens with zero attached hydrogens (tertiary/aromatic N) is 1. The Morgan fingerprint density at radius 3 is 2.75 bits per heavy atom. The van der Waals surface area contributed by atoms with Crippen molar-refractivity contribution in [3.8, 4) is 0 Å². The second-order valence-electron chi connectivity index (χ2n) is 4.31. The molecule has 1 aliphatic rings. The predicted molar refractivity (Wildman–Crippen MR) is 50.1 cm³/mol. The minimum absolute atomic E-state index is 0.309. The number of rotatable bonds is 2. The molecule has 0 aliphatic heterocycles. The predicted octanol–water partition coefficient (Wildman–Crippen LogP) is 1.55.